The molecule has 0 unspecified atom stereocenters. The van der Waals surface area contributed by atoms with E-state index >= 15 is 0 Å². The highest BCUT2D eigenvalue weighted by Crippen LogP contribution is 2.32. The lowest BCUT2D eigenvalue weighted by Gasteiger charge is -2.07. The van der Waals surface area contributed by atoms with Crippen LogP contribution in [0.2, 0.25) is 0 Å². The van der Waals surface area contributed by atoms with Gasteiger partial charge >= 0.3 is 0 Å². The molecule has 1 saturated carbocycles. The lowest BCUT2D eigenvalue weighted by Crippen LogP contribution is -2.09. The van der Waals surface area contributed by atoms with Crippen LogP contribution in [0.4, 0.5) is 5.69 Å². The van der Waals surface area contributed by atoms with Gasteiger partial charge < -0.3 is 9.84 Å². The van der Waals surface area contributed by atoms with Gasteiger partial charge in [0.25, 0.3) is 0 Å². The molecule has 4 rings (SSSR count). The Labute approximate surface area is 139 Å². The summed E-state index contributed by atoms with van der Waals surface area (Å²) in [5, 5.41) is 20.0. The van der Waals surface area contributed by atoms with E-state index in [4.69, 9.17) is 4.52 Å². The Hall–Kier alpha value is -2.51. The first-order chi connectivity index (χ1) is 11.8. The normalized spacial score (nSPS) is 15.4. The van der Waals surface area contributed by atoms with Gasteiger partial charge in [0.1, 0.15) is 6.33 Å². The molecule has 8 nitrogen and oxygen atoms in total. The molecule has 1 N–H and O–H groups in total. The Balaban J connectivity index is 1.41. The Morgan fingerprint density at radius 3 is 3.04 bits per heavy atom. The summed E-state index contributed by atoms with van der Waals surface area (Å²) in [4.78, 5) is 4.55. The number of anilines is 1. The van der Waals surface area contributed by atoms with Crippen LogP contribution >= 0.6 is 0 Å². The maximum Gasteiger partial charge on any atom is 0.229 e. The van der Waals surface area contributed by atoms with Crippen molar-refractivity contribution in [3.63, 3.8) is 0 Å². The quantitative estimate of drug-likeness (QED) is 0.742. The maximum atomic E-state index is 5.42. The molecule has 0 amide bonds. The van der Waals surface area contributed by atoms with Gasteiger partial charge in [-0.2, -0.15) is 14.6 Å². The molecule has 0 aromatic carbocycles. The lowest BCUT2D eigenvalue weighted by molar-refractivity contribution is 0.350. The molecule has 126 valence electrons. The molecule has 1 aliphatic rings. The second-order valence-corrected chi connectivity index (χ2v) is 6.21. The predicted molar refractivity (Wildman–Crippen MR) is 87.9 cm³/mol. The molecule has 3 heterocycles. The van der Waals surface area contributed by atoms with Crippen LogP contribution in [0.5, 0.6) is 0 Å². The van der Waals surface area contributed by atoms with Crippen LogP contribution in [0.1, 0.15) is 55.9 Å². The number of hydrogen-bond donors (Lipinski definition) is 1. The summed E-state index contributed by atoms with van der Waals surface area (Å²) in [5.41, 5.74) is 2.65. The summed E-state index contributed by atoms with van der Waals surface area (Å²) in [6.45, 7) is 2.78. The molecular formula is C16H21N7O. The van der Waals surface area contributed by atoms with Crippen molar-refractivity contribution in [1.82, 2.24) is 30.0 Å². The van der Waals surface area contributed by atoms with Crippen LogP contribution < -0.4 is 5.32 Å². The fourth-order valence-electron chi connectivity index (χ4n) is 3.20. The summed E-state index contributed by atoms with van der Waals surface area (Å²) >= 11 is 0. The van der Waals surface area contributed by atoms with Crippen LogP contribution in [-0.4, -0.2) is 36.5 Å². The third-order valence-corrected chi connectivity index (χ3v) is 4.53. The molecule has 0 aliphatic heterocycles. The molecule has 3 aromatic heterocycles. The summed E-state index contributed by atoms with van der Waals surface area (Å²) in [7, 11) is 0. The zero-order chi connectivity index (χ0) is 16.4. The zero-order valence-electron chi connectivity index (χ0n) is 13.8. The van der Waals surface area contributed by atoms with Gasteiger partial charge in [0.05, 0.1) is 11.4 Å². The number of nitrogens with one attached hydrogen (secondary N) is 1. The van der Waals surface area contributed by atoms with Gasteiger partial charge in [0.2, 0.25) is 11.5 Å². The second-order valence-electron chi connectivity index (χ2n) is 6.21. The Morgan fingerprint density at radius 1 is 1.33 bits per heavy atom. The second kappa shape index (κ2) is 6.54. The van der Waals surface area contributed by atoms with Crippen molar-refractivity contribution in [2.24, 2.45) is 0 Å². The first-order valence-electron chi connectivity index (χ1n) is 8.60. The minimum absolute atomic E-state index is 0.460. The van der Waals surface area contributed by atoms with Gasteiger partial charge in [-0.1, -0.05) is 24.9 Å². The van der Waals surface area contributed by atoms with Gasteiger partial charge in [0, 0.05) is 18.9 Å². The topological polar surface area (TPSA) is 94.0 Å². The monoisotopic (exact) mass is 327 g/mol. The molecule has 0 atom stereocenters. The van der Waals surface area contributed by atoms with Crippen LogP contribution in [0.15, 0.2) is 16.9 Å². The first-order valence-corrected chi connectivity index (χ1v) is 8.60. The van der Waals surface area contributed by atoms with Gasteiger partial charge in [-0.05, 0) is 25.3 Å². The van der Waals surface area contributed by atoms with E-state index < -0.39 is 0 Å². The van der Waals surface area contributed by atoms with E-state index in [9.17, 15) is 0 Å². The SMILES string of the molecule is CCc1cc(NCCc2noc(C3CCCC3)n2)c2nncn2n1. The predicted octanol–water partition coefficient (Wildman–Crippen LogP) is 2.38. The van der Waals surface area contributed by atoms with E-state index in [1.54, 1.807) is 10.8 Å². The molecule has 1 fully saturated rings. The van der Waals surface area contributed by atoms with Gasteiger partial charge in [0.15, 0.2) is 5.82 Å². The van der Waals surface area contributed by atoms with Crippen molar-refractivity contribution in [2.75, 3.05) is 11.9 Å². The van der Waals surface area contributed by atoms with Crippen LogP contribution in [-0.2, 0) is 12.8 Å². The molecule has 0 radical (unpaired) electrons. The van der Waals surface area contributed by atoms with Crippen LogP contribution in [0, 0.1) is 0 Å². The third kappa shape index (κ3) is 2.95. The summed E-state index contributed by atoms with van der Waals surface area (Å²) in [6, 6.07) is 2.02. The highest BCUT2D eigenvalue weighted by Gasteiger charge is 2.22. The van der Waals surface area contributed by atoms with E-state index in [0.717, 1.165) is 35.2 Å². The minimum Gasteiger partial charge on any atom is -0.381 e. The molecule has 0 bridgehead atoms. The highest BCUT2D eigenvalue weighted by molar-refractivity contribution is 5.66. The average Bonchev–Trinajstić information content (AvgIpc) is 3.34. The fourth-order valence-corrected chi connectivity index (χ4v) is 3.20. The number of rotatable bonds is 6. The van der Waals surface area contributed by atoms with Crippen LogP contribution in [0.25, 0.3) is 5.65 Å². The van der Waals surface area contributed by atoms with E-state index in [2.05, 4.69) is 37.7 Å². The smallest absolute Gasteiger partial charge is 0.229 e. The number of hydrogen-bond acceptors (Lipinski definition) is 7. The van der Waals surface area contributed by atoms with Crippen molar-refractivity contribution in [3.8, 4) is 0 Å². The summed E-state index contributed by atoms with van der Waals surface area (Å²) < 4.78 is 7.12. The number of fused-ring (bicyclic) bond motifs is 1. The molecule has 3 aromatic rings. The van der Waals surface area contributed by atoms with Gasteiger partial charge in [-0.3, -0.25) is 0 Å². The van der Waals surface area contributed by atoms with Crippen molar-refractivity contribution in [1.29, 1.82) is 0 Å². The van der Waals surface area contributed by atoms with Gasteiger partial charge in [-0.25, -0.2) is 0 Å². The van der Waals surface area contributed by atoms with Gasteiger partial charge in [-0.15, -0.1) is 10.2 Å². The minimum atomic E-state index is 0.460. The zero-order valence-corrected chi connectivity index (χ0v) is 13.8. The average molecular weight is 327 g/mol. The summed E-state index contributed by atoms with van der Waals surface area (Å²) in [5.74, 6) is 2.02. The molecular weight excluding hydrogens is 306 g/mol. The number of nitrogens with zero attached hydrogens (tertiary/aromatic N) is 6. The molecule has 1 aliphatic carbocycles. The van der Waals surface area contributed by atoms with E-state index in [-0.39, 0.29) is 0 Å². The number of aryl methyl sites for hydroxylation is 1. The Bertz CT molecular complexity index is 819. The van der Waals surface area contributed by atoms with Crippen molar-refractivity contribution in [2.45, 2.75) is 51.4 Å². The fraction of sp³-hybridized carbons (Fsp3) is 0.562. The third-order valence-electron chi connectivity index (χ3n) is 4.53. The number of aromatic nitrogens is 6. The largest absolute Gasteiger partial charge is 0.381 e. The highest BCUT2D eigenvalue weighted by atomic mass is 16.5. The Kier molecular flexibility index (Phi) is 4.10. The van der Waals surface area contributed by atoms with Crippen molar-refractivity contribution >= 4 is 11.3 Å². The maximum absolute atomic E-state index is 5.42. The molecule has 0 saturated heterocycles. The standard InChI is InChI=1S/C16H21N7O/c1-2-12-9-13(15-20-18-10-23(15)21-12)17-8-7-14-19-16(24-22-14)11-5-3-4-6-11/h9-11,17H,2-8H2,1H3. The van der Waals surface area contributed by atoms with Crippen molar-refractivity contribution < 1.29 is 4.52 Å². The molecule has 0 spiro atoms. The van der Waals surface area contributed by atoms with Crippen molar-refractivity contribution in [3.05, 3.63) is 29.8 Å². The lowest BCUT2D eigenvalue weighted by atomic mass is 10.1. The van der Waals surface area contributed by atoms with E-state index in [1.165, 1.54) is 25.7 Å². The molecule has 8 heteroatoms. The first kappa shape index (κ1) is 15.0. The van der Waals surface area contributed by atoms with Crippen LogP contribution in [0.3, 0.4) is 0 Å². The summed E-state index contributed by atoms with van der Waals surface area (Å²) in [6.07, 6.45) is 8.05. The van der Waals surface area contributed by atoms with E-state index in [0.29, 0.717) is 18.9 Å². The molecule has 24 heavy (non-hydrogen) atoms. The Morgan fingerprint density at radius 2 is 2.21 bits per heavy atom. The van der Waals surface area contributed by atoms with E-state index in [1.807, 2.05) is 6.07 Å².